The largest absolute Gasteiger partial charge is 0.351 e. The summed E-state index contributed by atoms with van der Waals surface area (Å²) in [5, 5.41) is 8.82. The fourth-order valence-corrected chi connectivity index (χ4v) is 1.95. The molecule has 1 amide bonds. The molecule has 0 bridgehead atoms. The van der Waals surface area contributed by atoms with Gasteiger partial charge < -0.3 is 16.0 Å². The summed E-state index contributed by atoms with van der Waals surface area (Å²) in [4.78, 5) is 20.3. The number of aliphatic imine (C=N–C) groups is 1. The third kappa shape index (κ3) is 5.46. The Morgan fingerprint density at radius 3 is 2.83 bits per heavy atom. The fourth-order valence-electron chi connectivity index (χ4n) is 1.95. The lowest BCUT2D eigenvalue weighted by Crippen LogP contribution is -2.41. The number of pyridine rings is 1. The number of hydrogen-bond acceptors (Lipinski definition) is 3. The van der Waals surface area contributed by atoms with Gasteiger partial charge in [0, 0.05) is 24.5 Å². The van der Waals surface area contributed by atoms with Crippen molar-refractivity contribution in [3.8, 4) is 12.3 Å². The van der Waals surface area contributed by atoms with E-state index < -0.39 is 0 Å². The molecule has 0 spiro atoms. The third-order valence-electron chi connectivity index (χ3n) is 3.12. The zero-order valence-corrected chi connectivity index (χ0v) is 13.4. The summed E-state index contributed by atoms with van der Waals surface area (Å²) in [5.41, 5.74) is 2.26. The third-order valence-corrected chi connectivity index (χ3v) is 3.12. The standard InChI is InChI=1S/C18H19N5O/c1-3-14-7-6-9-15(11-14)23-17(24)13-22-18(19-2)21-12-16-8-4-5-10-20-16/h1,4-11H,12-13H2,2H3,(H,23,24)(H2,19,21,22). The number of rotatable bonds is 5. The Morgan fingerprint density at radius 1 is 1.25 bits per heavy atom. The van der Waals surface area contributed by atoms with Crippen LogP contribution < -0.4 is 16.0 Å². The molecule has 0 saturated heterocycles. The maximum atomic E-state index is 12.0. The molecule has 0 radical (unpaired) electrons. The summed E-state index contributed by atoms with van der Waals surface area (Å²) in [5.74, 6) is 2.86. The molecule has 2 rings (SSSR count). The minimum absolute atomic E-state index is 0.0855. The maximum Gasteiger partial charge on any atom is 0.243 e. The summed E-state index contributed by atoms with van der Waals surface area (Å²) >= 11 is 0. The van der Waals surface area contributed by atoms with Crippen molar-refractivity contribution in [2.75, 3.05) is 18.9 Å². The number of hydrogen-bond donors (Lipinski definition) is 3. The molecular formula is C18H19N5O. The van der Waals surface area contributed by atoms with E-state index in [1.165, 1.54) is 0 Å². The lowest BCUT2D eigenvalue weighted by Gasteiger charge is -2.12. The van der Waals surface area contributed by atoms with E-state index in [1.807, 2.05) is 18.2 Å². The van der Waals surface area contributed by atoms with Gasteiger partial charge in [0.2, 0.25) is 5.91 Å². The summed E-state index contributed by atoms with van der Waals surface area (Å²) in [6.45, 7) is 0.606. The van der Waals surface area contributed by atoms with Crippen LogP contribution in [0.1, 0.15) is 11.3 Å². The number of carbonyl (C=O) groups is 1. The predicted octanol–water partition coefficient (Wildman–Crippen LogP) is 1.37. The second-order valence-electron chi connectivity index (χ2n) is 4.87. The summed E-state index contributed by atoms with van der Waals surface area (Å²) in [6, 6.07) is 12.8. The molecular weight excluding hydrogens is 302 g/mol. The average Bonchev–Trinajstić information content (AvgIpc) is 2.63. The predicted molar refractivity (Wildman–Crippen MR) is 95.4 cm³/mol. The number of amides is 1. The Morgan fingerprint density at radius 2 is 2.12 bits per heavy atom. The monoisotopic (exact) mass is 321 g/mol. The number of carbonyl (C=O) groups excluding carboxylic acids is 1. The van der Waals surface area contributed by atoms with Gasteiger partial charge in [0.15, 0.2) is 5.96 Å². The molecule has 3 N–H and O–H groups in total. The van der Waals surface area contributed by atoms with E-state index in [1.54, 1.807) is 37.5 Å². The van der Waals surface area contributed by atoms with Crippen molar-refractivity contribution in [2.45, 2.75) is 6.54 Å². The first-order chi connectivity index (χ1) is 11.7. The van der Waals surface area contributed by atoms with Crippen molar-refractivity contribution in [3.63, 3.8) is 0 Å². The molecule has 24 heavy (non-hydrogen) atoms. The van der Waals surface area contributed by atoms with Gasteiger partial charge in [-0.15, -0.1) is 6.42 Å². The number of nitrogens with one attached hydrogen (secondary N) is 3. The number of anilines is 1. The number of nitrogens with zero attached hydrogens (tertiary/aromatic N) is 2. The average molecular weight is 321 g/mol. The van der Waals surface area contributed by atoms with Gasteiger partial charge in [0.25, 0.3) is 0 Å². The molecule has 2 aromatic rings. The van der Waals surface area contributed by atoms with Crippen molar-refractivity contribution in [2.24, 2.45) is 4.99 Å². The summed E-state index contributed by atoms with van der Waals surface area (Å²) < 4.78 is 0. The van der Waals surface area contributed by atoms with Crippen LogP contribution in [0.15, 0.2) is 53.7 Å². The first-order valence-electron chi connectivity index (χ1n) is 7.42. The first kappa shape index (κ1) is 17.0. The van der Waals surface area contributed by atoms with Crippen molar-refractivity contribution in [3.05, 3.63) is 59.9 Å². The smallest absolute Gasteiger partial charge is 0.243 e. The molecule has 122 valence electrons. The number of terminal acetylenes is 1. The Labute approximate surface area is 141 Å². The number of guanidine groups is 1. The highest BCUT2D eigenvalue weighted by molar-refractivity contribution is 5.95. The first-order valence-corrected chi connectivity index (χ1v) is 7.42. The topological polar surface area (TPSA) is 78.4 Å². The van der Waals surface area contributed by atoms with Crippen molar-refractivity contribution in [1.82, 2.24) is 15.6 Å². The second kappa shape index (κ2) is 8.96. The van der Waals surface area contributed by atoms with Gasteiger partial charge in [-0.25, -0.2) is 0 Å². The Hall–Kier alpha value is -3.33. The van der Waals surface area contributed by atoms with Crippen molar-refractivity contribution < 1.29 is 4.79 Å². The van der Waals surface area contributed by atoms with Gasteiger partial charge in [-0.2, -0.15) is 0 Å². The van der Waals surface area contributed by atoms with E-state index in [2.05, 4.69) is 31.8 Å². The Bertz CT molecular complexity index is 750. The van der Waals surface area contributed by atoms with Gasteiger partial charge in [-0.1, -0.05) is 18.1 Å². The van der Waals surface area contributed by atoms with Crippen LogP contribution in [0.4, 0.5) is 5.69 Å². The van der Waals surface area contributed by atoms with Crippen LogP contribution in [0.25, 0.3) is 0 Å². The molecule has 0 unspecified atom stereocenters. The molecule has 1 heterocycles. The van der Waals surface area contributed by atoms with Gasteiger partial charge >= 0.3 is 0 Å². The maximum absolute atomic E-state index is 12.0. The van der Waals surface area contributed by atoms with E-state index in [0.29, 0.717) is 23.8 Å². The van der Waals surface area contributed by atoms with E-state index in [4.69, 9.17) is 6.42 Å². The highest BCUT2D eigenvalue weighted by Crippen LogP contribution is 2.09. The molecule has 0 aliphatic heterocycles. The molecule has 1 aromatic heterocycles. The highest BCUT2D eigenvalue weighted by Gasteiger charge is 2.05. The molecule has 0 aliphatic carbocycles. The minimum atomic E-state index is -0.190. The second-order valence-corrected chi connectivity index (χ2v) is 4.87. The van der Waals surface area contributed by atoms with E-state index in [-0.39, 0.29) is 12.5 Å². The quantitative estimate of drug-likeness (QED) is 0.441. The lowest BCUT2D eigenvalue weighted by atomic mass is 10.2. The van der Waals surface area contributed by atoms with Gasteiger partial charge in [-0.05, 0) is 30.3 Å². The summed E-state index contributed by atoms with van der Waals surface area (Å²) in [6.07, 6.45) is 7.07. The van der Waals surface area contributed by atoms with E-state index >= 15 is 0 Å². The highest BCUT2D eigenvalue weighted by atomic mass is 16.1. The molecule has 0 fully saturated rings. The normalized spacial score (nSPS) is 10.6. The molecule has 6 heteroatoms. The molecule has 6 nitrogen and oxygen atoms in total. The number of aromatic nitrogens is 1. The van der Waals surface area contributed by atoms with E-state index in [9.17, 15) is 4.79 Å². The zero-order valence-electron chi connectivity index (χ0n) is 13.4. The van der Waals surface area contributed by atoms with Crippen LogP contribution in [0, 0.1) is 12.3 Å². The van der Waals surface area contributed by atoms with E-state index in [0.717, 1.165) is 5.69 Å². The van der Waals surface area contributed by atoms with Crippen LogP contribution >= 0.6 is 0 Å². The van der Waals surface area contributed by atoms with Crippen LogP contribution in [-0.4, -0.2) is 30.4 Å². The van der Waals surface area contributed by atoms with Gasteiger partial charge in [-0.3, -0.25) is 14.8 Å². The van der Waals surface area contributed by atoms with Crippen LogP contribution in [0.2, 0.25) is 0 Å². The molecule has 1 aromatic carbocycles. The number of benzene rings is 1. The summed E-state index contributed by atoms with van der Waals surface area (Å²) in [7, 11) is 1.64. The van der Waals surface area contributed by atoms with Crippen LogP contribution in [0.3, 0.4) is 0 Å². The molecule has 0 saturated carbocycles. The van der Waals surface area contributed by atoms with Crippen LogP contribution in [0.5, 0.6) is 0 Å². The zero-order chi connectivity index (χ0) is 17.2. The Kier molecular flexibility index (Phi) is 6.35. The molecule has 0 aliphatic rings. The lowest BCUT2D eigenvalue weighted by molar-refractivity contribution is -0.115. The molecule has 0 atom stereocenters. The van der Waals surface area contributed by atoms with Gasteiger partial charge in [0.1, 0.15) is 0 Å². The fraction of sp³-hybridized carbons (Fsp3) is 0.167. The SMILES string of the molecule is C#Cc1cccc(NC(=O)CNC(=NC)NCc2ccccn2)c1. The van der Waals surface area contributed by atoms with Crippen molar-refractivity contribution >= 4 is 17.6 Å². The van der Waals surface area contributed by atoms with Crippen LogP contribution in [-0.2, 0) is 11.3 Å². The Balaban J connectivity index is 1.80. The van der Waals surface area contributed by atoms with Gasteiger partial charge in [0.05, 0.1) is 18.8 Å². The van der Waals surface area contributed by atoms with Crippen molar-refractivity contribution in [1.29, 1.82) is 0 Å². The minimum Gasteiger partial charge on any atom is -0.351 e.